The average Bonchev–Trinajstić information content (AvgIpc) is 3.09. The summed E-state index contributed by atoms with van der Waals surface area (Å²) < 4.78 is 12.4. The molecule has 0 aromatic heterocycles. The van der Waals surface area contributed by atoms with Gasteiger partial charge in [0.05, 0.1) is 7.11 Å². The molecule has 0 spiro atoms. The lowest BCUT2D eigenvalue weighted by Gasteiger charge is -2.19. The highest BCUT2D eigenvalue weighted by molar-refractivity contribution is 5.96. The largest absolute Gasteiger partial charge is 0.496 e. The Kier molecular flexibility index (Phi) is 16.6. The van der Waals surface area contributed by atoms with E-state index in [1.54, 1.807) is 7.11 Å². The van der Waals surface area contributed by atoms with Crippen molar-refractivity contribution in [3.63, 3.8) is 0 Å². The van der Waals surface area contributed by atoms with E-state index >= 15 is 0 Å². The van der Waals surface area contributed by atoms with Crippen LogP contribution in [0.5, 0.6) is 17.2 Å². The molecule has 2 nitrogen and oxygen atoms in total. The number of allylic oxidation sites excluding steroid dienone is 8. The van der Waals surface area contributed by atoms with E-state index in [1.807, 2.05) is 48.5 Å². The zero-order chi connectivity index (χ0) is 34.7. The number of ether oxygens (including phenoxy) is 2. The Hall–Kier alpha value is -4.30. The minimum atomic E-state index is 0.816. The van der Waals surface area contributed by atoms with Crippen molar-refractivity contribution < 1.29 is 9.47 Å². The maximum atomic E-state index is 6.45. The van der Waals surface area contributed by atoms with Gasteiger partial charge in [0.15, 0.2) is 0 Å². The molecule has 0 aliphatic carbocycles. The molecule has 0 aliphatic heterocycles. The normalized spacial score (nSPS) is 12.5. The zero-order valence-corrected chi connectivity index (χ0v) is 30.9. The Morgan fingerprint density at radius 2 is 1.02 bits per heavy atom. The van der Waals surface area contributed by atoms with Gasteiger partial charge in [0.25, 0.3) is 0 Å². The smallest absolute Gasteiger partial charge is 0.138 e. The Bertz CT molecular complexity index is 1670. The SMILES string of the molecule is CC/C(C)=C/CC/C(C)=C/CC/C(C)=C/CC/C(C)=C/Cc1c(C)c(Oc2ccccc2)c2ccccc2c1OC.Cc1ccccc1. The van der Waals surface area contributed by atoms with E-state index in [2.05, 4.69) is 109 Å². The summed E-state index contributed by atoms with van der Waals surface area (Å²) in [6, 6.07) is 28.6. The maximum absolute atomic E-state index is 6.45. The van der Waals surface area contributed by atoms with Crippen LogP contribution in [0.25, 0.3) is 10.8 Å². The number of hydrogen-bond donors (Lipinski definition) is 0. The first-order chi connectivity index (χ1) is 23.2. The van der Waals surface area contributed by atoms with Crippen LogP contribution in [0.4, 0.5) is 0 Å². The van der Waals surface area contributed by atoms with Gasteiger partial charge in [-0.1, -0.05) is 132 Å². The first-order valence-electron chi connectivity index (χ1n) is 17.7. The van der Waals surface area contributed by atoms with Gasteiger partial charge in [-0.15, -0.1) is 0 Å². The number of para-hydroxylation sites is 1. The van der Waals surface area contributed by atoms with Crippen LogP contribution in [0.15, 0.2) is 132 Å². The molecule has 0 bridgehead atoms. The van der Waals surface area contributed by atoms with Crippen molar-refractivity contribution in [2.75, 3.05) is 7.11 Å². The lowest BCUT2D eigenvalue weighted by Crippen LogP contribution is -2.00. The van der Waals surface area contributed by atoms with E-state index in [0.717, 1.165) is 78.5 Å². The summed E-state index contributed by atoms with van der Waals surface area (Å²) in [5, 5.41) is 2.16. The van der Waals surface area contributed by atoms with Crippen LogP contribution in [0.1, 0.15) is 96.3 Å². The van der Waals surface area contributed by atoms with E-state index in [9.17, 15) is 0 Å². The van der Waals surface area contributed by atoms with Gasteiger partial charge in [-0.05, 0) is 111 Å². The predicted molar refractivity (Wildman–Crippen MR) is 210 cm³/mol. The average molecular weight is 643 g/mol. The van der Waals surface area contributed by atoms with Gasteiger partial charge in [-0.25, -0.2) is 0 Å². The molecule has 4 aromatic rings. The second-order valence-electron chi connectivity index (χ2n) is 13.0. The van der Waals surface area contributed by atoms with E-state index in [4.69, 9.17) is 9.47 Å². The van der Waals surface area contributed by atoms with Crippen molar-refractivity contribution in [3.05, 3.63) is 148 Å². The van der Waals surface area contributed by atoms with Gasteiger partial charge in [-0.3, -0.25) is 0 Å². The van der Waals surface area contributed by atoms with Crippen molar-refractivity contribution in [2.24, 2.45) is 0 Å². The van der Waals surface area contributed by atoms with Gasteiger partial charge < -0.3 is 9.47 Å². The number of methoxy groups -OCH3 is 1. The van der Waals surface area contributed by atoms with E-state index in [-0.39, 0.29) is 0 Å². The fourth-order valence-electron chi connectivity index (χ4n) is 5.67. The molecule has 48 heavy (non-hydrogen) atoms. The second kappa shape index (κ2) is 20.8. The summed E-state index contributed by atoms with van der Waals surface area (Å²) in [6.45, 7) is 15.5. The summed E-state index contributed by atoms with van der Waals surface area (Å²) in [4.78, 5) is 0. The standard InChI is InChI=1S/C39H50O2.C7H8/c1-8-29(2)17-14-18-30(3)19-15-20-31(4)21-16-22-32(5)27-28-35-33(6)38(41-34-23-10-9-11-24-34)36-25-12-13-26-37(36)39(35)40-7;1-7-5-3-2-4-6-7/h9-13,17,19,21,23-27H,8,14-16,18,20,22,28H2,1-7H3;2-6H,1H3/b29-17+,30-19+,31-21+,32-27+;. The lowest BCUT2D eigenvalue weighted by molar-refractivity contribution is 0.413. The topological polar surface area (TPSA) is 18.5 Å². The van der Waals surface area contributed by atoms with Crippen LogP contribution in [0, 0.1) is 13.8 Å². The predicted octanol–water partition coefficient (Wildman–Crippen LogP) is 14.0. The fourth-order valence-corrected chi connectivity index (χ4v) is 5.67. The van der Waals surface area contributed by atoms with Crippen molar-refractivity contribution in [3.8, 4) is 17.2 Å². The molecule has 0 atom stereocenters. The molecule has 0 heterocycles. The maximum Gasteiger partial charge on any atom is 0.138 e. The highest BCUT2D eigenvalue weighted by atomic mass is 16.5. The molecule has 0 N–H and O–H groups in total. The van der Waals surface area contributed by atoms with Crippen molar-refractivity contribution in [2.45, 2.75) is 99.8 Å². The third kappa shape index (κ3) is 12.7. The molecule has 254 valence electrons. The van der Waals surface area contributed by atoms with E-state index < -0.39 is 0 Å². The third-order valence-electron chi connectivity index (χ3n) is 8.90. The molecule has 0 aliphatic rings. The fraction of sp³-hybridized carbons (Fsp3) is 0.348. The number of hydrogen-bond acceptors (Lipinski definition) is 2. The molecule has 0 unspecified atom stereocenters. The van der Waals surface area contributed by atoms with Crippen LogP contribution in [0.3, 0.4) is 0 Å². The lowest BCUT2D eigenvalue weighted by atomic mass is 9.95. The first kappa shape index (κ1) is 38.2. The van der Waals surface area contributed by atoms with E-state index in [0.29, 0.717) is 0 Å². The molecular weight excluding hydrogens is 585 g/mol. The van der Waals surface area contributed by atoms with Gasteiger partial charge in [-0.2, -0.15) is 0 Å². The van der Waals surface area contributed by atoms with E-state index in [1.165, 1.54) is 39.8 Å². The van der Waals surface area contributed by atoms with Gasteiger partial charge in [0.2, 0.25) is 0 Å². The van der Waals surface area contributed by atoms with Crippen LogP contribution in [-0.4, -0.2) is 7.11 Å². The number of fused-ring (bicyclic) bond motifs is 1. The molecule has 4 aromatic carbocycles. The minimum absolute atomic E-state index is 0.816. The van der Waals surface area contributed by atoms with Gasteiger partial charge in [0, 0.05) is 16.3 Å². The molecule has 4 rings (SSSR count). The third-order valence-corrected chi connectivity index (χ3v) is 8.90. The number of aryl methyl sites for hydroxylation is 1. The first-order valence-corrected chi connectivity index (χ1v) is 17.7. The molecule has 0 saturated carbocycles. The highest BCUT2D eigenvalue weighted by Gasteiger charge is 2.18. The van der Waals surface area contributed by atoms with Crippen molar-refractivity contribution in [1.29, 1.82) is 0 Å². The van der Waals surface area contributed by atoms with Crippen LogP contribution in [0.2, 0.25) is 0 Å². The number of benzene rings is 4. The van der Waals surface area contributed by atoms with Crippen LogP contribution in [-0.2, 0) is 6.42 Å². The molecule has 0 fully saturated rings. The van der Waals surface area contributed by atoms with Crippen LogP contribution >= 0.6 is 0 Å². The number of rotatable bonds is 15. The van der Waals surface area contributed by atoms with Gasteiger partial charge >= 0.3 is 0 Å². The Labute approximate surface area is 291 Å². The summed E-state index contributed by atoms with van der Waals surface area (Å²) >= 11 is 0. The summed E-state index contributed by atoms with van der Waals surface area (Å²) in [7, 11) is 1.77. The Morgan fingerprint density at radius 3 is 1.50 bits per heavy atom. The quantitative estimate of drug-likeness (QED) is 0.120. The molecule has 0 amide bonds. The Balaban J connectivity index is 0.000000789. The Morgan fingerprint density at radius 1 is 0.562 bits per heavy atom. The van der Waals surface area contributed by atoms with Gasteiger partial charge in [0.1, 0.15) is 17.2 Å². The highest BCUT2D eigenvalue weighted by Crippen LogP contribution is 2.42. The summed E-state index contributed by atoms with van der Waals surface area (Å²) in [5.74, 6) is 2.69. The second-order valence-corrected chi connectivity index (χ2v) is 13.0. The molecule has 2 heteroatoms. The summed E-state index contributed by atoms with van der Waals surface area (Å²) in [6.07, 6.45) is 18.3. The zero-order valence-electron chi connectivity index (χ0n) is 30.9. The summed E-state index contributed by atoms with van der Waals surface area (Å²) in [5.41, 5.74) is 9.53. The van der Waals surface area contributed by atoms with Crippen molar-refractivity contribution in [1.82, 2.24) is 0 Å². The monoisotopic (exact) mass is 642 g/mol. The minimum Gasteiger partial charge on any atom is -0.496 e. The molecule has 0 saturated heterocycles. The molecule has 0 radical (unpaired) electrons. The van der Waals surface area contributed by atoms with Crippen molar-refractivity contribution >= 4 is 10.8 Å². The van der Waals surface area contributed by atoms with Crippen LogP contribution < -0.4 is 9.47 Å². The molecular formula is C46H58O2.